The van der Waals surface area contributed by atoms with Gasteiger partial charge in [-0.25, -0.2) is 4.98 Å². The number of nitrogens with zero attached hydrogens (tertiary/aromatic N) is 3. The molecule has 0 atom stereocenters. The summed E-state index contributed by atoms with van der Waals surface area (Å²) in [7, 11) is 4.14. The molecule has 0 saturated carbocycles. The summed E-state index contributed by atoms with van der Waals surface area (Å²) in [5.41, 5.74) is 3.91. The van der Waals surface area contributed by atoms with Crippen LogP contribution in [0, 0.1) is 6.92 Å². The number of hydrogen-bond donors (Lipinski definition) is 1. The second-order valence-electron chi connectivity index (χ2n) is 5.96. The second-order valence-corrected chi connectivity index (χ2v) is 5.96. The Kier molecular flexibility index (Phi) is 5.02. The topological polar surface area (TPSA) is 33.1 Å². The lowest BCUT2D eigenvalue weighted by Crippen LogP contribution is -2.22. The van der Waals surface area contributed by atoms with Crippen molar-refractivity contribution in [1.29, 1.82) is 0 Å². The molecule has 0 fully saturated rings. The van der Waals surface area contributed by atoms with Crippen LogP contribution in [0.15, 0.2) is 30.6 Å². The molecule has 0 aliphatic rings. The minimum absolute atomic E-state index is 0.509. The quantitative estimate of drug-likeness (QED) is 0.886. The average Bonchev–Trinajstić information content (AvgIpc) is 2.82. The van der Waals surface area contributed by atoms with Crippen LogP contribution in [0.1, 0.15) is 30.8 Å². The highest BCUT2D eigenvalue weighted by Gasteiger charge is 2.08. The molecule has 0 amide bonds. The average molecular weight is 286 g/mol. The smallest absolute Gasteiger partial charge is 0.127 e. The summed E-state index contributed by atoms with van der Waals surface area (Å²) >= 11 is 0. The molecule has 0 aliphatic carbocycles. The van der Waals surface area contributed by atoms with E-state index in [1.165, 1.54) is 16.8 Å². The molecule has 0 unspecified atom stereocenters. The van der Waals surface area contributed by atoms with E-state index in [1.54, 1.807) is 0 Å². The molecule has 1 N–H and O–H groups in total. The highest BCUT2D eigenvalue weighted by Crippen LogP contribution is 2.19. The Balaban J connectivity index is 2.06. The maximum atomic E-state index is 4.38. The van der Waals surface area contributed by atoms with Gasteiger partial charge >= 0.3 is 0 Å². The van der Waals surface area contributed by atoms with Crippen molar-refractivity contribution in [2.75, 3.05) is 11.9 Å². The number of anilines is 1. The minimum atomic E-state index is 0.509. The van der Waals surface area contributed by atoms with Gasteiger partial charge in [-0.1, -0.05) is 19.9 Å². The molecular formula is C17H26N4. The van der Waals surface area contributed by atoms with Crippen molar-refractivity contribution in [3.05, 3.63) is 47.5 Å². The molecule has 4 heteroatoms. The van der Waals surface area contributed by atoms with E-state index in [2.05, 4.69) is 65.8 Å². The van der Waals surface area contributed by atoms with Crippen LogP contribution in [0.5, 0.6) is 0 Å². The third kappa shape index (κ3) is 4.08. The summed E-state index contributed by atoms with van der Waals surface area (Å²) in [6.07, 6.45) is 3.82. The summed E-state index contributed by atoms with van der Waals surface area (Å²) in [6.45, 7) is 8.25. The van der Waals surface area contributed by atoms with Crippen LogP contribution in [-0.2, 0) is 20.1 Å². The van der Waals surface area contributed by atoms with Crippen molar-refractivity contribution in [2.45, 2.75) is 39.9 Å². The van der Waals surface area contributed by atoms with Crippen molar-refractivity contribution < 1.29 is 0 Å². The Morgan fingerprint density at radius 2 is 2.10 bits per heavy atom. The maximum absolute atomic E-state index is 4.38. The monoisotopic (exact) mass is 286 g/mol. The number of aromatic nitrogens is 2. The predicted molar refractivity (Wildman–Crippen MR) is 88.5 cm³/mol. The first kappa shape index (κ1) is 15.6. The minimum Gasteiger partial charge on any atom is -0.367 e. The number of nitrogens with one attached hydrogen (secondary N) is 1. The van der Waals surface area contributed by atoms with Gasteiger partial charge in [0, 0.05) is 44.8 Å². The van der Waals surface area contributed by atoms with E-state index in [0.717, 1.165) is 18.9 Å². The molecule has 4 nitrogen and oxygen atoms in total. The lowest BCUT2D eigenvalue weighted by atomic mass is 10.1. The molecule has 1 aromatic carbocycles. The SMILES string of the molecule is Cc1cc(N(C)Cc2nccn2C)ccc1CNC(C)C. The number of hydrogen-bond acceptors (Lipinski definition) is 3. The van der Waals surface area contributed by atoms with E-state index in [-0.39, 0.29) is 0 Å². The highest BCUT2D eigenvalue weighted by atomic mass is 15.2. The highest BCUT2D eigenvalue weighted by molar-refractivity contribution is 5.50. The first-order valence-electron chi connectivity index (χ1n) is 7.47. The largest absolute Gasteiger partial charge is 0.367 e. The normalized spacial score (nSPS) is 11.1. The zero-order chi connectivity index (χ0) is 15.4. The summed E-state index contributed by atoms with van der Waals surface area (Å²) in [6, 6.07) is 7.16. The fourth-order valence-electron chi connectivity index (χ4n) is 2.28. The summed E-state index contributed by atoms with van der Waals surface area (Å²) in [4.78, 5) is 6.61. The molecule has 1 aromatic heterocycles. The number of benzene rings is 1. The van der Waals surface area contributed by atoms with E-state index in [4.69, 9.17) is 0 Å². The maximum Gasteiger partial charge on any atom is 0.127 e. The van der Waals surface area contributed by atoms with Crippen molar-refractivity contribution in [1.82, 2.24) is 14.9 Å². The van der Waals surface area contributed by atoms with Gasteiger partial charge in [-0.3, -0.25) is 0 Å². The Labute approximate surface area is 127 Å². The van der Waals surface area contributed by atoms with Gasteiger partial charge < -0.3 is 14.8 Å². The van der Waals surface area contributed by atoms with Gasteiger partial charge in [0.05, 0.1) is 6.54 Å². The number of imidazole rings is 1. The standard InChI is InChI=1S/C17H26N4/c1-13(2)19-11-15-6-7-16(10-14(15)3)21(5)12-17-18-8-9-20(17)4/h6-10,13,19H,11-12H2,1-5H3. The van der Waals surface area contributed by atoms with E-state index in [1.807, 2.05) is 19.4 Å². The molecule has 2 rings (SSSR count). The first-order valence-corrected chi connectivity index (χ1v) is 7.47. The molecule has 114 valence electrons. The van der Waals surface area contributed by atoms with Crippen molar-refractivity contribution >= 4 is 5.69 Å². The summed E-state index contributed by atoms with van der Waals surface area (Å²) in [5.74, 6) is 1.07. The molecule has 0 spiro atoms. The molecule has 0 radical (unpaired) electrons. The third-order valence-electron chi connectivity index (χ3n) is 3.77. The molecular weight excluding hydrogens is 260 g/mol. The number of rotatable bonds is 6. The zero-order valence-electron chi connectivity index (χ0n) is 13.7. The van der Waals surface area contributed by atoms with E-state index in [0.29, 0.717) is 6.04 Å². The molecule has 0 saturated heterocycles. The third-order valence-corrected chi connectivity index (χ3v) is 3.77. The van der Waals surface area contributed by atoms with Gasteiger partial charge in [0.2, 0.25) is 0 Å². The van der Waals surface area contributed by atoms with Gasteiger partial charge in [-0.05, 0) is 30.2 Å². The van der Waals surface area contributed by atoms with Gasteiger partial charge in [-0.2, -0.15) is 0 Å². The van der Waals surface area contributed by atoms with E-state index >= 15 is 0 Å². The lowest BCUT2D eigenvalue weighted by Gasteiger charge is -2.20. The Morgan fingerprint density at radius 3 is 2.67 bits per heavy atom. The van der Waals surface area contributed by atoms with Crippen molar-refractivity contribution in [3.63, 3.8) is 0 Å². The molecule has 0 bridgehead atoms. The molecule has 2 aromatic rings. The van der Waals surface area contributed by atoms with Crippen LogP contribution in [0.2, 0.25) is 0 Å². The van der Waals surface area contributed by atoms with Crippen molar-refractivity contribution in [2.24, 2.45) is 7.05 Å². The summed E-state index contributed by atoms with van der Waals surface area (Å²) < 4.78 is 2.06. The van der Waals surface area contributed by atoms with Crippen LogP contribution < -0.4 is 10.2 Å². The predicted octanol–water partition coefficient (Wildman–Crippen LogP) is 2.86. The van der Waals surface area contributed by atoms with Crippen LogP contribution in [0.4, 0.5) is 5.69 Å². The van der Waals surface area contributed by atoms with Crippen LogP contribution >= 0.6 is 0 Å². The Hall–Kier alpha value is -1.81. The Bertz CT molecular complexity index is 586. The van der Waals surface area contributed by atoms with Crippen LogP contribution in [0.25, 0.3) is 0 Å². The zero-order valence-corrected chi connectivity index (χ0v) is 13.7. The van der Waals surface area contributed by atoms with Gasteiger partial charge in [-0.15, -0.1) is 0 Å². The fraction of sp³-hybridized carbons (Fsp3) is 0.471. The Morgan fingerprint density at radius 1 is 1.33 bits per heavy atom. The van der Waals surface area contributed by atoms with E-state index < -0.39 is 0 Å². The molecule has 1 heterocycles. The van der Waals surface area contributed by atoms with Gasteiger partial charge in [0.15, 0.2) is 0 Å². The lowest BCUT2D eigenvalue weighted by molar-refractivity contribution is 0.587. The van der Waals surface area contributed by atoms with Gasteiger partial charge in [0.25, 0.3) is 0 Å². The molecule has 21 heavy (non-hydrogen) atoms. The van der Waals surface area contributed by atoms with Crippen LogP contribution in [0.3, 0.4) is 0 Å². The summed E-state index contributed by atoms with van der Waals surface area (Å²) in [5, 5.41) is 3.47. The molecule has 0 aliphatic heterocycles. The van der Waals surface area contributed by atoms with Gasteiger partial charge in [0.1, 0.15) is 5.82 Å². The first-order chi connectivity index (χ1) is 9.97. The fourth-order valence-corrected chi connectivity index (χ4v) is 2.28. The second kappa shape index (κ2) is 6.76. The van der Waals surface area contributed by atoms with Crippen molar-refractivity contribution in [3.8, 4) is 0 Å². The number of aryl methyl sites for hydroxylation is 2. The van der Waals surface area contributed by atoms with E-state index in [9.17, 15) is 0 Å². The van der Waals surface area contributed by atoms with Crippen LogP contribution in [-0.4, -0.2) is 22.6 Å².